The van der Waals surface area contributed by atoms with Crippen molar-refractivity contribution in [2.24, 2.45) is 0 Å². The van der Waals surface area contributed by atoms with Crippen LogP contribution in [-0.4, -0.2) is 25.3 Å². The molecule has 0 aliphatic carbocycles. The van der Waals surface area contributed by atoms with Gasteiger partial charge in [-0.05, 0) is 32.0 Å². The molecule has 0 aliphatic heterocycles. The van der Waals surface area contributed by atoms with Crippen LogP contribution in [-0.2, 0) is 14.6 Å². The Bertz CT molecular complexity index is 555. The number of nitrogens with one attached hydrogen (secondary N) is 1. The topological polar surface area (TPSA) is 89.3 Å². The van der Waals surface area contributed by atoms with Crippen LogP contribution < -0.4 is 11.1 Å². The van der Waals surface area contributed by atoms with Crippen LogP contribution in [0.4, 0.5) is 15.8 Å². The van der Waals surface area contributed by atoms with Gasteiger partial charge in [-0.1, -0.05) is 0 Å². The van der Waals surface area contributed by atoms with E-state index in [1.165, 1.54) is 19.9 Å². The number of halogens is 1. The third-order valence-corrected chi connectivity index (χ3v) is 4.44. The molecule has 0 heterocycles. The van der Waals surface area contributed by atoms with Gasteiger partial charge in [0, 0.05) is 0 Å². The standard InChI is InChI=1S/C11H15FN2O3S/c1-7(2)18(16,17)6-11(15)14-10-5-8(12)3-4-9(10)13/h3-5,7H,6,13H2,1-2H3,(H,14,15). The number of rotatable bonds is 4. The van der Waals surface area contributed by atoms with Gasteiger partial charge in [-0.3, -0.25) is 4.79 Å². The second-order valence-corrected chi connectivity index (χ2v) is 6.69. The molecule has 0 spiro atoms. The van der Waals surface area contributed by atoms with Gasteiger partial charge in [-0.2, -0.15) is 0 Å². The molecule has 0 saturated carbocycles. The maximum absolute atomic E-state index is 12.9. The number of hydrogen-bond acceptors (Lipinski definition) is 4. The first-order chi connectivity index (χ1) is 8.22. The van der Waals surface area contributed by atoms with Crippen molar-refractivity contribution in [2.45, 2.75) is 19.1 Å². The van der Waals surface area contributed by atoms with E-state index in [1.54, 1.807) is 0 Å². The molecule has 0 radical (unpaired) electrons. The molecule has 1 aromatic carbocycles. The largest absolute Gasteiger partial charge is 0.397 e. The number of anilines is 2. The summed E-state index contributed by atoms with van der Waals surface area (Å²) in [6.07, 6.45) is 0. The SMILES string of the molecule is CC(C)S(=O)(=O)CC(=O)Nc1cc(F)ccc1N. The highest BCUT2D eigenvalue weighted by atomic mass is 32.2. The number of sulfone groups is 1. The van der Waals surface area contributed by atoms with Gasteiger partial charge in [0.25, 0.3) is 0 Å². The zero-order chi connectivity index (χ0) is 13.9. The first-order valence-electron chi connectivity index (χ1n) is 5.29. The minimum Gasteiger partial charge on any atom is -0.397 e. The van der Waals surface area contributed by atoms with Crippen molar-refractivity contribution in [3.63, 3.8) is 0 Å². The summed E-state index contributed by atoms with van der Waals surface area (Å²) in [5, 5.41) is 1.63. The molecule has 0 aromatic heterocycles. The lowest BCUT2D eigenvalue weighted by atomic mass is 10.2. The molecule has 1 rings (SSSR count). The average molecular weight is 274 g/mol. The molecule has 18 heavy (non-hydrogen) atoms. The maximum atomic E-state index is 12.9. The number of nitrogens with two attached hydrogens (primary N) is 1. The van der Waals surface area contributed by atoms with Gasteiger partial charge in [0.1, 0.15) is 11.6 Å². The van der Waals surface area contributed by atoms with Crippen molar-refractivity contribution in [3.05, 3.63) is 24.0 Å². The number of carbonyl (C=O) groups excluding carboxylic acids is 1. The smallest absolute Gasteiger partial charge is 0.239 e. The molecule has 1 amide bonds. The molecule has 0 unspecified atom stereocenters. The van der Waals surface area contributed by atoms with Crippen LogP contribution >= 0.6 is 0 Å². The Labute approximate surface area is 105 Å². The lowest BCUT2D eigenvalue weighted by Gasteiger charge is -2.10. The quantitative estimate of drug-likeness (QED) is 0.806. The van der Waals surface area contributed by atoms with E-state index in [9.17, 15) is 17.6 Å². The fraction of sp³-hybridized carbons (Fsp3) is 0.364. The molecule has 100 valence electrons. The molecule has 0 aliphatic rings. The van der Waals surface area contributed by atoms with Crippen LogP contribution in [0.2, 0.25) is 0 Å². The maximum Gasteiger partial charge on any atom is 0.239 e. The van der Waals surface area contributed by atoms with Gasteiger partial charge in [0.15, 0.2) is 9.84 Å². The van der Waals surface area contributed by atoms with Crippen LogP contribution in [0.25, 0.3) is 0 Å². The minimum absolute atomic E-state index is 0.0685. The number of hydrogen-bond donors (Lipinski definition) is 2. The molecule has 0 bridgehead atoms. The monoisotopic (exact) mass is 274 g/mol. The van der Waals surface area contributed by atoms with Crippen LogP contribution in [0.5, 0.6) is 0 Å². The van der Waals surface area contributed by atoms with E-state index in [1.807, 2.05) is 0 Å². The Morgan fingerprint density at radius 1 is 1.44 bits per heavy atom. The number of nitrogen functional groups attached to an aromatic ring is 1. The molecular formula is C11H15FN2O3S. The van der Waals surface area contributed by atoms with Crippen LogP contribution in [0, 0.1) is 5.82 Å². The van der Waals surface area contributed by atoms with E-state index in [0.717, 1.165) is 12.1 Å². The molecule has 1 aromatic rings. The van der Waals surface area contributed by atoms with Gasteiger partial charge in [0.2, 0.25) is 5.91 Å². The van der Waals surface area contributed by atoms with Crippen molar-refractivity contribution >= 4 is 27.1 Å². The zero-order valence-electron chi connectivity index (χ0n) is 10.1. The van der Waals surface area contributed by atoms with Crippen LogP contribution in [0.1, 0.15) is 13.8 Å². The molecule has 5 nitrogen and oxygen atoms in total. The number of benzene rings is 1. The Morgan fingerprint density at radius 2 is 2.06 bits per heavy atom. The summed E-state index contributed by atoms with van der Waals surface area (Å²) in [5.41, 5.74) is 5.77. The lowest BCUT2D eigenvalue weighted by Crippen LogP contribution is -2.28. The van der Waals surface area contributed by atoms with Gasteiger partial charge in [-0.15, -0.1) is 0 Å². The molecule has 0 saturated heterocycles. The second kappa shape index (κ2) is 5.34. The lowest BCUT2D eigenvalue weighted by molar-refractivity contribution is -0.113. The number of amides is 1. The van der Waals surface area contributed by atoms with E-state index < -0.39 is 32.6 Å². The average Bonchev–Trinajstić information content (AvgIpc) is 2.22. The van der Waals surface area contributed by atoms with E-state index >= 15 is 0 Å². The highest BCUT2D eigenvalue weighted by Gasteiger charge is 2.21. The van der Waals surface area contributed by atoms with Crippen LogP contribution in [0.3, 0.4) is 0 Å². The summed E-state index contributed by atoms with van der Waals surface area (Å²) in [6, 6.07) is 3.48. The Balaban J connectivity index is 2.80. The predicted molar refractivity (Wildman–Crippen MR) is 68.4 cm³/mol. The van der Waals surface area contributed by atoms with E-state index in [0.29, 0.717) is 0 Å². The first-order valence-corrected chi connectivity index (χ1v) is 7.00. The minimum atomic E-state index is -3.49. The van der Waals surface area contributed by atoms with Crippen LogP contribution in [0.15, 0.2) is 18.2 Å². The molecule has 0 fully saturated rings. The highest BCUT2D eigenvalue weighted by Crippen LogP contribution is 2.19. The van der Waals surface area contributed by atoms with Crippen molar-refractivity contribution in [2.75, 3.05) is 16.8 Å². The van der Waals surface area contributed by atoms with E-state index in [4.69, 9.17) is 5.73 Å². The summed E-state index contributed by atoms with van der Waals surface area (Å²) >= 11 is 0. The summed E-state index contributed by atoms with van der Waals surface area (Å²) in [4.78, 5) is 11.5. The van der Waals surface area contributed by atoms with Crippen molar-refractivity contribution in [1.29, 1.82) is 0 Å². The van der Waals surface area contributed by atoms with Crippen molar-refractivity contribution < 1.29 is 17.6 Å². The number of carbonyl (C=O) groups is 1. The van der Waals surface area contributed by atoms with Gasteiger partial charge in [0.05, 0.1) is 16.6 Å². The van der Waals surface area contributed by atoms with Gasteiger partial charge < -0.3 is 11.1 Å². The van der Waals surface area contributed by atoms with Gasteiger partial charge >= 0.3 is 0 Å². The third-order valence-electron chi connectivity index (χ3n) is 2.34. The summed E-state index contributed by atoms with van der Waals surface area (Å²) in [6.45, 7) is 2.97. The second-order valence-electron chi connectivity index (χ2n) is 4.14. The summed E-state index contributed by atoms with van der Waals surface area (Å²) in [7, 11) is -3.49. The first kappa shape index (κ1) is 14.4. The predicted octanol–water partition coefficient (Wildman–Crippen LogP) is 1.17. The third kappa shape index (κ3) is 3.69. The fourth-order valence-electron chi connectivity index (χ4n) is 1.17. The molecular weight excluding hydrogens is 259 g/mol. The fourth-order valence-corrected chi connectivity index (χ4v) is 1.94. The normalized spacial score (nSPS) is 11.6. The Kier molecular flexibility index (Phi) is 4.28. The van der Waals surface area contributed by atoms with E-state index in [-0.39, 0.29) is 11.4 Å². The molecule has 3 N–H and O–H groups in total. The van der Waals surface area contributed by atoms with E-state index in [2.05, 4.69) is 5.32 Å². The summed E-state index contributed by atoms with van der Waals surface area (Å²) in [5.74, 6) is -1.95. The molecule has 0 atom stereocenters. The Morgan fingerprint density at radius 3 is 2.61 bits per heavy atom. The Hall–Kier alpha value is -1.63. The van der Waals surface area contributed by atoms with Crippen molar-refractivity contribution in [3.8, 4) is 0 Å². The van der Waals surface area contributed by atoms with Crippen molar-refractivity contribution in [1.82, 2.24) is 0 Å². The molecule has 7 heteroatoms. The zero-order valence-corrected chi connectivity index (χ0v) is 10.9. The highest BCUT2D eigenvalue weighted by molar-refractivity contribution is 7.92. The summed E-state index contributed by atoms with van der Waals surface area (Å²) < 4.78 is 36.0. The van der Waals surface area contributed by atoms with Gasteiger partial charge in [-0.25, -0.2) is 12.8 Å².